The van der Waals surface area contributed by atoms with Crippen molar-refractivity contribution in [2.45, 2.75) is 52.1 Å². The van der Waals surface area contributed by atoms with Crippen molar-refractivity contribution in [3.05, 3.63) is 16.1 Å². The topological polar surface area (TPSA) is 24.9 Å². The van der Waals surface area contributed by atoms with Gasteiger partial charge in [0.05, 0.1) is 0 Å². The molecule has 1 fully saturated rings. The third-order valence-electron chi connectivity index (χ3n) is 3.33. The molecule has 1 heterocycles. The first-order valence-corrected chi connectivity index (χ1v) is 6.80. The summed E-state index contributed by atoms with van der Waals surface area (Å²) in [6.45, 7) is 5.32. The number of rotatable bonds is 4. The molecule has 2 nitrogen and oxygen atoms in total. The molecule has 1 aromatic heterocycles. The zero-order valence-corrected chi connectivity index (χ0v) is 10.4. The fraction of sp³-hybridized carbons (Fsp3) is 0.750. The molecule has 0 radical (unpaired) electrons. The van der Waals surface area contributed by atoms with Crippen LogP contribution >= 0.6 is 11.3 Å². The molecule has 1 saturated carbocycles. The molecular weight excluding hydrogens is 204 g/mol. The highest BCUT2D eigenvalue weighted by molar-refractivity contribution is 7.09. The molecule has 1 aliphatic rings. The average molecular weight is 224 g/mol. The van der Waals surface area contributed by atoms with E-state index < -0.39 is 0 Å². The Balaban J connectivity index is 1.75. The molecule has 2 unspecified atom stereocenters. The van der Waals surface area contributed by atoms with Crippen molar-refractivity contribution in [1.82, 2.24) is 10.3 Å². The molecule has 0 bridgehead atoms. The summed E-state index contributed by atoms with van der Waals surface area (Å²) in [6.07, 6.45) is 5.46. The number of thiazole rings is 1. The van der Waals surface area contributed by atoms with Crippen molar-refractivity contribution in [2.24, 2.45) is 5.92 Å². The van der Waals surface area contributed by atoms with Gasteiger partial charge in [0, 0.05) is 23.7 Å². The standard InChI is InChI=1S/C12H20N2S/c1-3-10-4-5-11(6-10)13-7-12-14-9(2)8-15-12/h8,10-11,13H,3-7H2,1-2H3. The largest absolute Gasteiger partial charge is 0.308 e. The molecule has 84 valence electrons. The summed E-state index contributed by atoms with van der Waals surface area (Å²) < 4.78 is 0. The molecule has 1 aliphatic carbocycles. The van der Waals surface area contributed by atoms with Crippen LogP contribution in [0.1, 0.15) is 43.3 Å². The summed E-state index contributed by atoms with van der Waals surface area (Å²) in [5, 5.41) is 6.98. The molecule has 0 saturated heterocycles. The highest BCUT2D eigenvalue weighted by Gasteiger charge is 2.22. The van der Waals surface area contributed by atoms with E-state index in [2.05, 4.69) is 29.5 Å². The lowest BCUT2D eigenvalue weighted by Gasteiger charge is -2.11. The molecule has 0 aliphatic heterocycles. The van der Waals surface area contributed by atoms with E-state index in [1.165, 1.54) is 30.7 Å². The van der Waals surface area contributed by atoms with Gasteiger partial charge in [0.1, 0.15) is 5.01 Å². The highest BCUT2D eigenvalue weighted by atomic mass is 32.1. The SMILES string of the molecule is CCC1CCC(NCc2nc(C)cs2)C1. The zero-order chi connectivity index (χ0) is 10.7. The van der Waals surface area contributed by atoms with Crippen LogP contribution in [0.5, 0.6) is 0 Å². The fourth-order valence-corrected chi connectivity index (χ4v) is 3.07. The Kier molecular flexibility index (Phi) is 3.76. The second kappa shape index (κ2) is 5.08. The summed E-state index contributed by atoms with van der Waals surface area (Å²) in [4.78, 5) is 4.47. The minimum atomic E-state index is 0.735. The van der Waals surface area contributed by atoms with E-state index in [1.54, 1.807) is 11.3 Å². The maximum absolute atomic E-state index is 4.47. The van der Waals surface area contributed by atoms with Crippen molar-refractivity contribution >= 4 is 11.3 Å². The Morgan fingerprint density at radius 3 is 3.00 bits per heavy atom. The van der Waals surface area contributed by atoms with Crippen LogP contribution in [-0.2, 0) is 6.54 Å². The Bertz CT molecular complexity index is 308. The maximum atomic E-state index is 4.47. The van der Waals surface area contributed by atoms with E-state index in [4.69, 9.17) is 0 Å². The summed E-state index contributed by atoms with van der Waals surface area (Å²) in [5.74, 6) is 0.959. The first kappa shape index (κ1) is 11.1. The van der Waals surface area contributed by atoms with Crippen LogP contribution < -0.4 is 5.32 Å². The number of aryl methyl sites for hydroxylation is 1. The van der Waals surface area contributed by atoms with Crippen molar-refractivity contribution in [3.63, 3.8) is 0 Å². The van der Waals surface area contributed by atoms with Crippen molar-refractivity contribution in [2.75, 3.05) is 0 Å². The van der Waals surface area contributed by atoms with Gasteiger partial charge in [0.15, 0.2) is 0 Å². The van der Waals surface area contributed by atoms with Crippen LogP contribution in [0, 0.1) is 12.8 Å². The second-order valence-electron chi connectivity index (χ2n) is 4.55. The van der Waals surface area contributed by atoms with Gasteiger partial charge in [-0.1, -0.05) is 13.3 Å². The third kappa shape index (κ3) is 3.02. The van der Waals surface area contributed by atoms with Crippen LogP contribution in [0.25, 0.3) is 0 Å². The first-order chi connectivity index (χ1) is 7.28. The molecule has 1 N–H and O–H groups in total. The van der Waals surface area contributed by atoms with Gasteiger partial charge < -0.3 is 5.32 Å². The predicted octanol–water partition coefficient (Wildman–Crippen LogP) is 3.12. The van der Waals surface area contributed by atoms with E-state index in [9.17, 15) is 0 Å². The van der Waals surface area contributed by atoms with Gasteiger partial charge in [-0.25, -0.2) is 4.98 Å². The molecular formula is C12H20N2S. The van der Waals surface area contributed by atoms with E-state index in [0.29, 0.717) is 0 Å². The van der Waals surface area contributed by atoms with Gasteiger partial charge in [0.25, 0.3) is 0 Å². The van der Waals surface area contributed by atoms with Gasteiger partial charge in [-0.05, 0) is 32.1 Å². The smallest absolute Gasteiger partial charge is 0.107 e. The normalized spacial score (nSPS) is 26.0. The predicted molar refractivity (Wildman–Crippen MR) is 65.1 cm³/mol. The van der Waals surface area contributed by atoms with Gasteiger partial charge in [-0.3, -0.25) is 0 Å². The fourth-order valence-electron chi connectivity index (χ4n) is 2.35. The van der Waals surface area contributed by atoms with Gasteiger partial charge >= 0.3 is 0 Å². The number of aromatic nitrogens is 1. The number of nitrogens with zero attached hydrogens (tertiary/aromatic N) is 1. The number of hydrogen-bond donors (Lipinski definition) is 1. The van der Waals surface area contributed by atoms with Crippen LogP contribution in [0.2, 0.25) is 0 Å². The van der Waals surface area contributed by atoms with Gasteiger partial charge in [0.2, 0.25) is 0 Å². The minimum Gasteiger partial charge on any atom is -0.308 e. The summed E-state index contributed by atoms with van der Waals surface area (Å²) in [6, 6.07) is 0.735. The molecule has 2 rings (SSSR count). The molecule has 15 heavy (non-hydrogen) atoms. The molecule has 3 heteroatoms. The lowest BCUT2D eigenvalue weighted by Crippen LogP contribution is -2.25. The van der Waals surface area contributed by atoms with E-state index in [1.807, 2.05) is 0 Å². The summed E-state index contributed by atoms with van der Waals surface area (Å²) in [5.41, 5.74) is 1.15. The Morgan fingerprint density at radius 1 is 1.53 bits per heavy atom. The van der Waals surface area contributed by atoms with E-state index in [0.717, 1.165) is 24.2 Å². The van der Waals surface area contributed by atoms with E-state index >= 15 is 0 Å². The van der Waals surface area contributed by atoms with Crippen LogP contribution in [0.15, 0.2) is 5.38 Å². The Labute approximate surface area is 96.1 Å². The van der Waals surface area contributed by atoms with E-state index in [-0.39, 0.29) is 0 Å². The minimum absolute atomic E-state index is 0.735. The first-order valence-electron chi connectivity index (χ1n) is 5.92. The average Bonchev–Trinajstić information content (AvgIpc) is 2.83. The zero-order valence-electron chi connectivity index (χ0n) is 9.62. The van der Waals surface area contributed by atoms with Gasteiger partial charge in [-0.15, -0.1) is 11.3 Å². The summed E-state index contributed by atoms with van der Waals surface area (Å²) in [7, 11) is 0. The van der Waals surface area contributed by atoms with Gasteiger partial charge in [-0.2, -0.15) is 0 Å². The molecule has 1 aromatic rings. The van der Waals surface area contributed by atoms with Crippen LogP contribution in [0.4, 0.5) is 0 Å². The monoisotopic (exact) mass is 224 g/mol. The molecule has 0 amide bonds. The quantitative estimate of drug-likeness (QED) is 0.850. The van der Waals surface area contributed by atoms with Crippen LogP contribution in [-0.4, -0.2) is 11.0 Å². The maximum Gasteiger partial charge on any atom is 0.107 e. The van der Waals surface area contributed by atoms with Crippen LogP contribution in [0.3, 0.4) is 0 Å². The van der Waals surface area contributed by atoms with Crippen molar-refractivity contribution < 1.29 is 0 Å². The summed E-state index contributed by atoms with van der Waals surface area (Å²) >= 11 is 1.77. The van der Waals surface area contributed by atoms with Crippen molar-refractivity contribution in [3.8, 4) is 0 Å². The Hall–Kier alpha value is -0.410. The molecule has 0 spiro atoms. The number of nitrogens with one attached hydrogen (secondary N) is 1. The highest BCUT2D eigenvalue weighted by Crippen LogP contribution is 2.28. The lowest BCUT2D eigenvalue weighted by atomic mass is 10.1. The third-order valence-corrected chi connectivity index (χ3v) is 4.29. The second-order valence-corrected chi connectivity index (χ2v) is 5.49. The Morgan fingerprint density at radius 2 is 2.40 bits per heavy atom. The van der Waals surface area contributed by atoms with Crippen molar-refractivity contribution in [1.29, 1.82) is 0 Å². The molecule has 0 aromatic carbocycles. The lowest BCUT2D eigenvalue weighted by molar-refractivity contribution is 0.476. The molecule has 2 atom stereocenters. The number of hydrogen-bond acceptors (Lipinski definition) is 3.